The number of carbonyl (C=O) groups excluding carboxylic acids is 1. The van der Waals surface area contributed by atoms with Gasteiger partial charge in [-0.3, -0.25) is 4.79 Å². The number of fused-ring (bicyclic) bond motifs is 1. The molecule has 0 aliphatic carbocycles. The number of hydrogen-bond donors (Lipinski definition) is 0. The Morgan fingerprint density at radius 3 is 2.95 bits per heavy atom. The van der Waals surface area contributed by atoms with Crippen molar-refractivity contribution in [2.75, 3.05) is 6.54 Å². The predicted molar refractivity (Wildman–Crippen MR) is 66.7 cm³/mol. The molecule has 0 bridgehead atoms. The van der Waals surface area contributed by atoms with Gasteiger partial charge in [0.25, 0.3) is 0 Å². The lowest BCUT2D eigenvalue weighted by molar-refractivity contribution is -0.129. The molecule has 1 amide bonds. The predicted octanol–water partition coefficient (Wildman–Crippen LogP) is 2.39. The molecule has 0 atom stereocenters. The lowest BCUT2D eigenvalue weighted by Gasteiger charge is -2.24. The molecule has 0 N–H and O–H groups in total. The molecule has 1 aromatic heterocycles. The van der Waals surface area contributed by atoms with Crippen molar-refractivity contribution in [3.05, 3.63) is 41.4 Å². The molecule has 0 spiro atoms. The summed E-state index contributed by atoms with van der Waals surface area (Å²) in [7, 11) is 0. The Kier molecular flexibility index (Phi) is 2.81. The zero-order chi connectivity index (χ0) is 13.4. The van der Waals surface area contributed by atoms with E-state index in [1.165, 1.54) is 13.0 Å². The summed E-state index contributed by atoms with van der Waals surface area (Å²) in [6.45, 7) is 2.58. The van der Waals surface area contributed by atoms with Crippen molar-refractivity contribution in [2.24, 2.45) is 0 Å². The van der Waals surface area contributed by atoms with E-state index in [0.717, 1.165) is 11.3 Å². The van der Waals surface area contributed by atoms with E-state index >= 15 is 0 Å². The van der Waals surface area contributed by atoms with E-state index in [-0.39, 0.29) is 11.7 Å². The van der Waals surface area contributed by atoms with Crippen molar-refractivity contribution in [1.29, 1.82) is 0 Å². The lowest BCUT2D eigenvalue weighted by atomic mass is 10.0. The van der Waals surface area contributed by atoms with Gasteiger partial charge in [-0.15, -0.1) is 0 Å². The second-order valence-electron chi connectivity index (χ2n) is 4.60. The largest absolute Gasteiger partial charge is 0.360 e. The van der Waals surface area contributed by atoms with E-state index in [1.54, 1.807) is 23.1 Å². The zero-order valence-corrected chi connectivity index (χ0v) is 10.5. The van der Waals surface area contributed by atoms with Crippen LogP contribution in [0, 0.1) is 5.82 Å². The Morgan fingerprint density at radius 1 is 1.42 bits per heavy atom. The van der Waals surface area contributed by atoms with Gasteiger partial charge < -0.3 is 9.42 Å². The highest BCUT2D eigenvalue weighted by Gasteiger charge is 2.26. The van der Waals surface area contributed by atoms with Crippen LogP contribution in [0.25, 0.3) is 11.3 Å². The quantitative estimate of drug-likeness (QED) is 0.791. The van der Waals surface area contributed by atoms with Gasteiger partial charge in [0.05, 0.1) is 6.54 Å². The number of benzene rings is 1. The Balaban J connectivity index is 2.04. The standard InChI is InChI=1S/C14H13FN2O2/c1-9(18)17-7-6-13-11(8-17)14(16-19-13)10-4-2-3-5-12(10)15/h2-5H,6-8H2,1H3. The van der Waals surface area contributed by atoms with Gasteiger partial charge in [0.1, 0.15) is 17.3 Å². The molecule has 1 aliphatic heterocycles. The smallest absolute Gasteiger partial charge is 0.219 e. The molecule has 0 unspecified atom stereocenters. The highest BCUT2D eigenvalue weighted by molar-refractivity contribution is 5.74. The highest BCUT2D eigenvalue weighted by Crippen LogP contribution is 2.31. The molecule has 1 aromatic carbocycles. The zero-order valence-electron chi connectivity index (χ0n) is 10.5. The van der Waals surface area contributed by atoms with Gasteiger partial charge >= 0.3 is 0 Å². The maximum atomic E-state index is 13.8. The molecular weight excluding hydrogens is 247 g/mol. The maximum Gasteiger partial charge on any atom is 0.219 e. The first-order valence-electron chi connectivity index (χ1n) is 6.14. The maximum absolute atomic E-state index is 13.8. The molecule has 2 heterocycles. The van der Waals surface area contributed by atoms with Crippen LogP contribution in [-0.4, -0.2) is 22.5 Å². The fraction of sp³-hybridized carbons (Fsp3) is 0.286. The summed E-state index contributed by atoms with van der Waals surface area (Å²) in [5, 5.41) is 3.97. The summed E-state index contributed by atoms with van der Waals surface area (Å²) in [6, 6.07) is 6.44. The summed E-state index contributed by atoms with van der Waals surface area (Å²) in [5.41, 5.74) is 1.73. The minimum atomic E-state index is -0.335. The van der Waals surface area contributed by atoms with Crippen molar-refractivity contribution in [2.45, 2.75) is 19.9 Å². The van der Waals surface area contributed by atoms with Crippen LogP contribution in [0.3, 0.4) is 0 Å². The number of halogens is 1. The average molecular weight is 260 g/mol. The monoisotopic (exact) mass is 260 g/mol. The van der Waals surface area contributed by atoms with Crippen molar-refractivity contribution in [1.82, 2.24) is 10.1 Å². The van der Waals surface area contributed by atoms with Crippen LogP contribution in [0.2, 0.25) is 0 Å². The summed E-state index contributed by atoms with van der Waals surface area (Å²) >= 11 is 0. The van der Waals surface area contributed by atoms with E-state index in [0.29, 0.717) is 30.8 Å². The first kappa shape index (κ1) is 11.9. The Bertz CT molecular complexity index is 636. The Morgan fingerprint density at radius 2 is 2.21 bits per heavy atom. The molecule has 0 saturated carbocycles. The van der Waals surface area contributed by atoms with Gasteiger partial charge in [-0.05, 0) is 12.1 Å². The van der Waals surface area contributed by atoms with Crippen LogP contribution in [-0.2, 0) is 17.8 Å². The molecule has 4 nitrogen and oxygen atoms in total. The van der Waals surface area contributed by atoms with E-state index in [4.69, 9.17) is 4.52 Å². The van der Waals surface area contributed by atoms with Crippen LogP contribution in [0.1, 0.15) is 18.2 Å². The molecule has 0 saturated heterocycles. The average Bonchev–Trinajstić information content (AvgIpc) is 2.82. The van der Waals surface area contributed by atoms with Crippen LogP contribution < -0.4 is 0 Å². The molecule has 19 heavy (non-hydrogen) atoms. The van der Waals surface area contributed by atoms with E-state index in [2.05, 4.69) is 5.16 Å². The normalized spacial score (nSPS) is 14.3. The van der Waals surface area contributed by atoms with Crippen LogP contribution in [0.4, 0.5) is 4.39 Å². The fourth-order valence-corrected chi connectivity index (χ4v) is 2.34. The molecule has 0 radical (unpaired) electrons. The van der Waals surface area contributed by atoms with E-state index in [9.17, 15) is 9.18 Å². The third-order valence-electron chi connectivity index (χ3n) is 3.40. The molecule has 5 heteroatoms. The first-order chi connectivity index (χ1) is 9.16. The van der Waals surface area contributed by atoms with Gasteiger partial charge in [-0.1, -0.05) is 17.3 Å². The van der Waals surface area contributed by atoms with E-state index in [1.807, 2.05) is 0 Å². The lowest BCUT2D eigenvalue weighted by Crippen LogP contribution is -2.33. The Hall–Kier alpha value is -2.17. The first-order valence-corrected chi connectivity index (χ1v) is 6.14. The summed E-state index contributed by atoms with van der Waals surface area (Å²) < 4.78 is 19.1. The third kappa shape index (κ3) is 2.01. The van der Waals surface area contributed by atoms with E-state index < -0.39 is 0 Å². The van der Waals surface area contributed by atoms with Gasteiger partial charge in [0.2, 0.25) is 5.91 Å². The molecule has 0 fully saturated rings. The number of amides is 1. The number of nitrogens with zero attached hydrogens (tertiary/aromatic N) is 2. The van der Waals surface area contributed by atoms with Crippen molar-refractivity contribution < 1.29 is 13.7 Å². The van der Waals surface area contributed by atoms with Gasteiger partial charge in [0.15, 0.2) is 0 Å². The van der Waals surface area contributed by atoms with Gasteiger partial charge in [-0.25, -0.2) is 4.39 Å². The Labute approximate surface area is 109 Å². The number of hydrogen-bond acceptors (Lipinski definition) is 3. The summed E-state index contributed by atoms with van der Waals surface area (Å²) in [4.78, 5) is 13.2. The summed E-state index contributed by atoms with van der Waals surface area (Å²) in [5.74, 6) is 0.417. The number of rotatable bonds is 1. The number of aromatic nitrogens is 1. The van der Waals surface area contributed by atoms with Crippen LogP contribution in [0.5, 0.6) is 0 Å². The summed E-state index contributed by atoms with van der Waals surface area (Å²) in [6.07, 6.45) is 0.621. The second kappa shape index (κ2) is 4.50. The van der Waals surface area contributed by atoms with Gasteiger partial charge in [0, 0.05) is 31.0 Å². The second-order valence-corrected chi connectivity index (χ2v) is 4.60. The fourth-order valence-electron chi connectivity index (χ4n) is 2.34. The van der Waals surface area contributed by atoms with Crippen molar-refractivity contribution >= 4 is 5.91 Å². The minimum Gasteiger partial charge on any atom is -0.360 e. The molecular formula is C14H13FN2O2. The topological polar surface area (TPSA) is 46.3 Å². The molecule has 1 aliphatic rings. The SMILES string of the molecule is CC(=O)N1CCc2onc(-c3ccccc3F)c2C1. The molecule has 3 rings (SSSR count). The van der Waals surface area contributed by atoms with Crippen molar-refractivity contribution in [3.63, 3.8) is 0 Å². The van der Waals surface area contributed by atoms with Crippen LogP contribution >= 0.6 is 0 Å². The highest BCUT2D eigenvalue weighted by atomic mass is 19.1. The van der Waals surface area contributed by atoms with Gasteiger partial charge in [-0.2, -0.15) is 0 Å². The third-order valence-corrected chi connectivity index (χ3v) is 3.40. The van der Waals surface area contributed by atoms with Crippen LogP contribution in [0.15, 0.2) is 28.8 Å². The minimum absolute atomic E-state index is 0.00586. The molecule has 98 valence electrons. The van der Waals surface area contributed by atoms with Crippen molar-refractivity contribution in [3.8, 4) is 11.3 Å². The molecule has 2 aromatic rings. The number of carbonyl (C=O) groups is 1.